The number of aliphatic hydroxyl groups is 1. The van der Waals surface area contributed by atoms with Crippen molar-refractivity contribution < 1.29 is 29.3 Å². The van der Waals surface area contributed by atoms with Crippen molar-refractivity contribution in [1.82, 2.24) is 0 Å². The molecule has 6 heteroatoms. The first-order valence-electron chi connectivity index (χ1n) is 4.48. The summed E-state index contributed by atoms with van der Waals surface area (Å²) in [7, 11) is 0. The number of ketones is 1. The maximum absolute atomic E-state index is 11.2. The van der Waals surface area contributed by atoms with Crippen molar-refractivity contribution in [2.45, 2.75) is 19.8 Å². The molecule has 0 spiro atoms. The molecule has 0 fully saturated rings. The molecule has 6 nitrogen and oxygen atoms in total. The van der Waals surface area contributed by atoms with E-state index in [9.17, 15) is 14.4 Å². The summed E-state index contributed by atoms with van der Waals surface area (Å²) in [6, 6.07) is 0. The Labute approximate surface area is 86.8 Å². The lowest BCUT2D eigenvalue weighted by Crippen LogP contribution is -2.27. The van der Waals surface area contributed by atoms with E-state index in [1.807, 2.05) is 0 Å². The molecule has 1 unspecified atom stereocenters. The van der Waals surface area contributed by atoms with E-state index in [0.717, 1.165) is 6.92 Å². The van der Waals surface area contributed by atoms with E-state index in [-0.39, 0.29) is 19.6 Å². The Balaban J connectivity index is 4.17. The first kappa shape index (κ1) is 13.6. The summed E-state index contributed by atoms with van der Waals surface area (Å²) in [4.78, 5) is 32.5. The van der Waals surface area contributed by atoms with Crippen molar-refractivity contribution in [1.29, 1.82) is 0 Å². The van der Waals surface area contributed by atoms with Gasteiger partial charge in [-0.15, -0.1) is 0 Å². The monoisotopic (exact) mass is 218 g/mol. The number of carboxylic acids is 1. The van der Waals surface area contributed by atoms with Crippen LogP contribution < -0.4 is 0 Å². The highest BCUT2D eigenvalue weighted by atomic mass is 16.5. The van der Waals surface area contributed by atoms with E-state index < -0.39 is 30.1 Å². The van der Waals surface area contributed by atoms with E-state index in [2.05, 4.69) is 4.74 Å². The minimum Gasteiger partial charge on any atom is -0.481 e. The lowest BCUT2D eigenvalue weighted by atomic mass is 10.0. The zero-order valence-corrected chi connectivity index (χ0v) is 8.43. The van der Waals surface area contributed by atoms with Gasteiger partial charge in [0, 0.05) is 13.0 Å². The third-order valence-corrected chi connectivity index (χ3v) is 1.70. The lowest BCUT2D eigenvalue weighted by Gasteiger charge is -2.10. The summed E-state index contributed by atoms with van der Waals surface area (Å²) >= 11 is 0. The molecule has 0 radical (unpaired) electrons. The molecule has 0 aliphatic carbocycles. The molecule has 0 heterocycles. The van der Waals surface area contributed by atoms with Crippen molar-refractivity contribution in [3.63, 3.8) is 0 Å². The van der Waals surface area contributed by atoms with Gasteiger partial charge >= 0.3 is 11.9 Å². The van der Waals surface area contributed by atoms with Crippen molar-refractivity contribution in [2.75, 3.05) is 13.2 Å². The molecule has 0 aromatic heterocycles. The lowest BCUT2D eigenvalue weighted by molar-refractivity contribution is -0.156. The van der Waals surface area contributed by atoms with E-state index >= 15 is 0 Å². The highest BCUT2D eigenvalue weighted by Gasteiger charge is 2.27. The van der Waals surface area contributed by atoms with Gasteiger partial charge in [-0.2, -0.15) is 0 Å². The van der Waals surface area contributed by atoms with Gasteiger partial charge in [0.15, 0.2) is 0 Å². The molecule has 0 amide bonds. The largest absolute Gasteiger partial charge is 0.481 e. The SMILES string of the molecule is CC(=O)C(CC(=O)O)C(=O)OCCCO. The highest BCUT2D eigenvalue weighted by molar-refractivity contribution is 6.00. The van der Waals surface area contributed by atoms with Gasteiger partial charge in [-0.25, -0.2) is 0 Å². The van der Waals surface area contributed by atoms with Crippen LogP contribution in [0.1, 0.15) is 19.8 Å². The predicted octanol–water partition coefficient (Wildman–Crippen LogP) is -0.408. The molecule has 1 atom stereocenters. The summed E-state index contributed by atoms with van der Waals surface area (Å²) in [5.74, 6) is -3.86. The van der Waals surface area contributed by atoms with Crippen molar-refractivity contribution >= 4 is 17.7 Å². The maximum Gasteiger partial charge on any atom is 0.317 e. The van der Waals surface area contributed by atoms with E-state index in [4.69, 9.17) is 10.2 Å². The molecule has 0 rings (SSSR count). The molecule has 0 aliphatic rings. The van der Waals surface area contributed by atoms with Crippen molar-refractivity contribution in [3.05, 3.63) is 0 Å². The molecular formula is C9H14O6. The van der Waals surface area contributed by atoms with Gasteiger partial charge in [-0.1, -0.05) is 0 Å². The fraction of sp³-hybridized carbons (Fsp3) is 0.667. The second-order valence-corrected chi connectivity index (χ2v) is 3.01. The minimum absolute atomic E-state index is 0.0151. The molecule has 86 valence electrons. The summed E-state index contributed by atoms with van der Waals surface area (Å²) in [5, 5.41) is 16.9. The van der Waals surface area contributed by atoms with Crippen LogP contribution in [0.2, 0.25) is 0 Å². The number of carbonyl (C=O) groups is 3. The average Bonchev–Trinajstić information content (AvgIpc) is 2.13. The van der Waals surface area contributed by atoms with Gasteiger partial charge in [0.05, 0.1) is 13.0 Å². The summed E-state index contributed by atoms with van der Waals surface area (Å²) in [6.45, 7) is 0.997. The molecule has 0 aromatic rings. The summed E-state index contributed by atoms with van der Waals surface area (Å²) in [6.07, 6.45) is -0.295. The molecular weight excluding hydrogens is 204 g/mol. The summed E-state index contributed by atoms with van der Waals surface area (Å²) in [5.41, 5.74) is 0. The number of rotatable bonds is 7. The first-order chi connectivity index (χ1) is 6.99. The molecule has 0 saturated carbocycles. The number of carbonyl (C=O) groups excluding carboxylic acids is 2. The van der Waals surface area contributed by atoms with Crippen LogP contribution in [-0.2, 0) is 19.1 Å². The molecule has 0 aromatic carbocycles. The van der Waals surface area contributed by atoms with Gasteiger partial charge in [0.25, 0.3) is 0 Å². The van der Waals surface area contributed by atoms with Gasteiger partial charge in [0.2, 0.25) is 0 Å². The topological polar surface area (TPSA) is 101 Å². The van der Waals surface area contributed by atoms with Crippen LogP contribution in [0.25, 0.3) is 0 Å². The minimum atomic E-state index is -1.25. The predicted molar refractivity (Wildman–Crippen MR) is 49.1 cm³/mol. The third kappa shape index (κ3) is 5.79. The number of aliphatic hydroxyl groups excluding tert-OH is 1. The number of carboxylic acid groups (broad SMARTS) is 1. The van der Waals surface area contributed by atoms with Gasteiger partial charge in [0.1, 0.15) is 11.7 Å². The Morgan fingerprint density at radius 3 is 2.33 bits per heavy atom. The zero-order valence-electron chi connectivity index (χ0n) is 8.43. The maximum atomic E-state index is 11.2. The average molecular weight is 218 g/mol. The molecule has 0 saturated heterocycles. The molecule has 15 heavy (non-hydrogen) atoms. The Hall–Kier alpha value is -1.43. The van der Waals surface area contributed by atoms with Crippen LogP contribution in [0.3, 0.4) is 0 Å². The number of hydrogen-bond donors (Lipinski definition) is 2. The normalized spacial score (nSPS) is 11.9. The quantitative estimate of drug-likeness (QED) is 0.342. The van der Waals surface area contributed by atoms with Crippen molar-refractivity contribution in [3.8, 4) is 0 Å². The fourth-order valence-electron chi connectivity index (χ4n) is 0.906. The Bertz CT molecular complexity index is 247. The van der Waals surface area contributed by atoms with Crippen LogP contribution in [0.5, 0.6) is 0 Å². The van der Waals surface area contributed by atoms with E-state index in [1.165, 1.54) is 0 Å². The third-order valence-electron chi connectivity index (χ3n) is 1.70. The first-order valence-corrected chi connectivity index (χ1v) is 4.48. The van der Waals surface area contributed by atoms with Crippen LogP contribution in [0.15, 0.2) is 0 Å². The molecule has 0 bridgehead atoms. The number of ether oxygens (including phenoxy) is 1. The summed E-state index contributed by atoms with van der Waals surface area (Å²) < 4.78 is 4.62. The Morgan fingerprint density at radius 2 is 1.93 bits per heavy atom. The van der Waals surface area contributed by atoms with E-state index in [0.29, 0.717) is 0 Å². The number of esters is 1. The molecule has 0 aliphatic heterocycles. The Kier molecular flexibility index (Phi) is 6.28. The second-order valence-electron chi connectivity index (χ2n) is 3.01. The van der Waals surface area contributed by atoms with Gasteiger partial charge < -0.3 is 14.9 Å². The fourth-order valence-corrected chi connectivity index (χ4v) is 0.906. The second kappa shape index (κ2) is 6.94. The number of aliphatic carboxylic acids is 1. The highest BCUT2D eigenvalue weighted by Crippen LogP contribution is 2.07. The van der Waals surface area contributed by atoms with E-state index in [1.54, 1.807) is 0 Å². The smallest absolute Gasteiger partial charge is 0.317 e. The molecule has 2 N–H and O–H groups in total. The van der Waals surface area contributed by atoms with Crippen LogP contribution >= 0.6 is 0 Å². The van der Waals surface area contributed by atoms with Crippen molar-refractivity contribution in [2.24, 2.45) is 5.92 Å². The van der Waals surface area contributed by atoms with Crippen LogP contribution in [-0.4, -0.2) is 41.1 Å². The Morgan fingerprint density at radius 1 is 1.33 bits per heavy atom. The van der Waals surface area contributed by atoms with Gasteiger partial charge in [-0.05, 0) is 6.92 Å². The number of hydrogen-bond acceptors (Lipinski definition) is 5. The van der Waals surface area contributed by atoms with Gasteiger partial charge in [-0.3, -0.25) is 14.4 Å². The van der Waals surface area contributed by atoms with Crippen LogP contribution in [0.4, 0.5) is 0 Å². The number of Topliss-reactive ketones (excluding diaryl/α,β-unsaturated/α-hetero) is 1. The van der Waals surface area contributed by atoms with Crippen LogP contribution in [0, 0.1) is 5.92 Å². The standard InChI is InChI=1S/C9H14O6/c1-6(11)7(5-8(12)13)9(14)15-4-2-3-10/h7,10H,2-5H2,1H3,(H,12,13). The zero-order chi connectivity index (χ0) is 11.8.